The van der Waals surface area contributed by atoms with E-state index in [1.807, 2.05) is 24.4 Å². The number of hydrogen-bond donors (Lipinski definition) is 2. The van der Waals surface area contributed by atoms with Crippen molar-refractivity contribution in [2.45, 2.75) is 31.9 Å². The Labute approximate surface area is 113 Å². The monoisotopic (exact) mass is 257 g/mol. The molecule has 2 aromatic rings. The summed E-state index contributed by atoms with van der Waals surface area (Å²) in [5.74, 6) is 0. The number of fused-ring (bicyclic) bond motifs is 1. The van der Waals surface area contributed by atoms with Crippen LogP contribution >= 0.6 is 0 Å². The van der Waals surface area contributed by atoms with Crippen molar-refractivity contribution < 1.29 is 4.74 Å². The van der Waals surface area contributed by atoms with Gasteiger partial charge in [-0.1, -0.05) is 0 Å². The Balaban J connectivity index is 2.04. The van der Waals surface area contributed by atoms with Gasteiger partial charge in [-0.15, -0.1) is 0 Å². The van der Waals surface area contributed by atoms with Crippen molar-refractivity contribution in [1.29, 1.82) is 0 Å². The number of hydrogen-bond acceptors (Lipinski definition) is 4. The minimum absolute atomic E-state index is 0.0428. The third-order valence-electron chi connectivity index (χ3n) is 4.16. The van der Waals surface area contributed by atoms with Gasteiger partial charge in [0.2, 0.25) is 0 Å². The SMILES string of the molecule is CC1OCCC1(C)Nc1ccc(N)c2ccncc12. The second kappa shape index (κ2) is 4.38. The number of rotatable bonds is 2. The van der Waals surface area contributed by atoms with Crippen molar-refractivity contribution in [2.75, 3.05) is 17.7 Å². The Morgan fingerprint density at radius 2 is 2.21 bits per heavy atom. The largest absolute Gasteiger partial charge is 0.398 e. The zero-order valence-corrected chi connectivity index (χ0v) is 11.3. The third-order valence-corrected chi connectivity index (χ3v) is 4.16. The van der Waals surface area contributed by atoms with Crippen LogP contribution in [0, 0.1) is 0 Å². The van der Waals surface area contributed by atoms with Crippen LogP contribution < -0.4 is 11.1 Å². The fourth-order valence-electron chi connectivity index (χ4n) is 2.63. The molecule has 1 aliphatic heterocycles. The number of ether oxygens (including phenoxy) is 1. The van der Waals surface area contributed by atoms with Crippen molar-refractivity contribution in [3.63, 3.8) is 0 Å². The van der Waals surface area contributed by atoms with E-state index < -0.39 is 0 Å². The van der Waals surface area contributed by atoms with Crippen molar-refractivity contribution >= 4 is 22.1 Å². The molecule has 1 aromatic carbocycles. The molecule has 2 unspecified atom stereocenters. The molecule has 0 radical (unpaired) electrons. The number of nitrogens with two attached hydrogens (primary N) is 1. The topological polar surface area (TPSA) is 60.2 Å². The average molecular weight is 257 g/mol. The highest BCUT2D eigenvalue weighted by molar-refractivity contribution is 6.00. The summed E-state index contributed by atoms with van der Waals surface area (Å²) >= 11 is 0. The lowest BCUT2D eigenvalue weighted by atomic mass is 9.93. The average Bonchev–Trinajstić information content (AvgIpc) is 2.74. The van der Waals surface area contributed by atoms with Gasteiger partial charge in [-0.3, -0.25) is 4.98 Å². The molecule has 0 spiro atoms. The minimum atomic E-state index is -0.0428. The van der Waals surface area contributed by atoms with Gasteiger partial charge in [0, 0.05) is 41.1 Å². The van der Waals surface area contributed by atoms with Crippen molar-refractivity contribution in [3.05, 3.63) is 30.6 Å². The van der Waals surface area contributed by atoms with Crippen LogP contribution in [0.3, 0.4) is 0 Å². The maximum Gasteiger partial charge on any atom is 0.0774 e. The molecule has 1 fully saturated rings. The van der Waals surface area contributed by atoms with Gasteiger partial charge < -0.3 is 15.8 Å². The minimum Gasteiger partial charge on any atom is -0.398 e. The number of anilines is 2. The number of nitrogens with one attached hydrogen (secondary N) is 1. The first-order chi connectivity index (χ1) is 9.10. The van der Waals surface area contributed by atoms with E-state index in [1.54, 1.807) is 6.20 Å². The number of benzene rings is 1. The van der Waals surface area contributed by atoms with E-state index >= 15 is 0 Å². The molecule has 2 atom stereocenters. The lowest BCUT2D eigenvalue weighted by Crippen LogP contribution is -2.41. The van der Waals surface area contributed by atoms with E-state index in [-0.39, 0.29) is 11.6 Å². The molecule has 3 rings (SSSR count). The maximum atomic E-state index is 6.01. The molecule has 0 bridgehead atoms. The second-order valence-electron chi connectivity index (χ2n) is 5.43. The predicted octanol–water partition coefficient (Wildman–Crippen LogP) is 2.80. The number of nitrogens with zero attached hydrogens (tertiary/aromatic N) is 1. The number of pyridine rings is 1. The standard InChI is InChI=1S/C15H19N3O/c1-10-15(2,6-8-19-10)18-14-4-3-13(16)11-5-7-17-9-12(11)14/h3-5,7,9-10,18H,6,8,16H2,1-2H3. The second-order valence-corrected chi connectivity index (χ2v) is 5.43. The molecule has 1 aromatic heterocycles. The molecule has 2 heterocycles. The van der Waals surface area contributed by atoms with Crippen LogP contribution in [0.5, 0.6) is 0 Å². The molecule has 0 amide bonds. The van der Waals surface area contributed by atoms with E-state index in [0.717, 1.165) is 35.2 Å². The van der Waals surface area contributed by atoms with Crippen LogP contribution in [0.4, 0.5) is 11.4 Å². The summed E-state index contributed by atoms with van der Waals surface area (Å²) in [6, 6.07) is 5.91. The maximum absolute atomic E-state index is 6.01. The Morgan fingerprint density at radius 3 is 2.95 bits per heavy atom. The van der Waals surface area contributed by atoms with Gasteiger partial charge >= 0.3 is 0 Å². The first-order valence-corrected chi connectivity index (χ1v) is 6.62. The van der Waals surface area contributed by atoms with Crippen LogP contribution in [0.15, 0.2) is 30.6 Å². The molecule has 0 aliphatic carbocycles. The summed E-state index contributed by atoms with van der Waals surface area (Å²) < 4.78 is 5.67. The van der Waals surface area contributed by atoms with Crippen LogP contribution in [0.1, 0.15) is 20.3 Å². The van der Waals surface area contributed by atoms with Gasteiger partial charge in [0.05, 0.1) is 11.6 Å². The molecular formula is C15H19N3O. The molecule has 1 aliphatic rings. The Hall–Kier alpha value is -1.81. The van der Waals surface area contributed by atoms with Gasteiger partial charge in [0.15, 0.2) is 0 Å². The van der Waals surface area contributed by atoms with Crippen molar-refractivity contribution in [2.24, 2.45) is 0 Å². The Kier molecular flexibility index (Phi) is 2.82. The predicted molar refractivity (Wildman–Crippen MR) is 78.2 cm³/mol. The summed E-state index contributed by atoms with van der Waals surface area (Å²) in [7, 11) is 0. The van der Waals surface area contributed by atoms with Crippen molar-refractivity contribution in [3.8, 4) is 0 Å². The number of nitrogen functional groups attached to an aromatic ring is 1. The molecule has 0 saturated carbocycles. The molecular weight excluding hydrogens is 238 g/mol. The highest BCUT2D eigenvalue weighted by Gasteiger charge is 2.37. The lowest BCUT2D eigenvalue weighted by Gasteiger charge is -2.30. The van der Waals surface area contributed by atoms with Gasteiger partial charge in [-0.05, 0) is 38.5 Å². The fraction of sp³-hybridized carbons (Fsp3) is 0.400. The van der Waals surface area contributed by atoms with E-state index in [0.29, 0.717) is 0 Å². The zero-order valence-electron chi connectivity index (χ0n) is 11.3. The van der Waals surface area contributed by atoms with E-state index in [9.17, 15) is 0 Å². The highest BCUT2D eigenvalue weighted by atomic mass is 16.5. The molecule has 1 saturated heterocycles. The van der Waals surface area contributed by atoms with Gasteiger partial charge in [0.25, 0.3) is 0 Å². The normalized spacial score (nSPS) is 26.7. The van der Waals surface area contributed by atoms with Gasteiger partial charge in [-0.2, -0.15) is 0 Å². The van der Waals surface area contributed by atoms with E-state index in [4.69, 9.17) is 10.5 Å². The smallest absolute Gasteiger partial charge is 0.0774 e. The van der Waals surface area contributed by atoms with Crippen molar-refractivity contribution in [1.82, 2.24) is 4.98 Å². The molecule has 19 heavy (non-hydrogen) atoms. The molecule has 100 valence electrons. The summed E-state index contributed by atoms with van der Waals surface area (Å²) in [4.78, 5) is 4.20. The van der Waals surface area contributed by atoms with Gasteiger partial charge in [-0.25, -0.2) is 0 Å². The fourth-order valence-corrected chi connectivity index (χ4v) is 2.63. The van der Waals surface area contributed by atoms with Crippen LogP contribution in [0.25, 0.3) is 10.8 Å². The quantitative estimate of drug-likeness (QED) is 0.812. The molecule has 3 N–H and O–H groups in total. The highest BCUT2D eigenvalue weighted by Crippen LogP contribution is 2.34. The van der Waals surface area contributed by atoms with Crippen LogP contribution in [0.2, 0.25) is 0 Å². The third kappa shape index (κ3) is 2.02. The van der Waals surface area contributed by atoms with Crippen LogP contribution in [-0.4, -0.2) is 23.2 Å². The van der Waals surface area contributed by atoms with Gasteiger partial charge in [0.1, 0.15) is 0 Å². The molecule has 4 nitrogen and oxygen atoms in total. The summed E-state index contributed by atoms with van der Waals surface area (Å²) in [6.45, 7) is 5.11. The van der Waals surface area contributed by atoms with Crippen LogP contribution in [-0.2, 0) is 4.74 Å². The first kappa shape index (κ1) is 12.2. The Bertz CT molecular complexity index is 613. The molecule has 4 heteroatoms. The lowest BCUT2D eigenvalue weighted by molar-refractivity contribution is 0.105. The van der Waals surface area contributed by atoms with E-state index in [2.05, 4.69) is 24.1 Å². The first-order valence-electron chi connectivity index (χ1n) is 6.62. The van der Waals surface area contributed by atoms with E-state index in [1.165, 1.54) is 0 Å². The number of aromatic nitrogens is 1. The zero-order chi connectivity index (χ0) is 13.5. The Morgan fingerprint density at radius 1 is 1.37 bits per heavy atom. The summed E-state index contributed by atoms with van der Waals surface area (Å²) in [5.41, 5.74) is 7.82. The summed E-state index contributed by atoms with van der Waals surface area (Å²) in [5, 5.41) is 5.71. The summed E-state index contributed by atoms with van der Waals surface area (Å²) in [6.07, 6.45) is 4.82.